The minimum atomic E-state index is -3.82. The van der Waals surface area contributed by atoms with Gasteiger partial charge in [-0.2, -0.15) is 0 Å². The van der Waals surface area contributed by atoms with Crippen molar-refractivity contribution < 1.29 is 30.5 Å². The van der Waals surface area contributed by atoms with E-state index >= 15 is 0 Å². The van der Waals surface area contributed by atoms with Crippen LogP contribution in [0.3, 0.4) is 0 Å². The summed E-state index contributed by atoms with van der Waals surface area (Å²) in [6, 6.07) is 39.4. The highest BCUT2D eigenvalue weighted by Gasteiger charge is 2.20. The van der Waals surface area contributed by atoms with Crippen LogP contribution in [0.4, 0.5) is 0 Å². The number of ether oxygens (including phenoxy) is 2. The summed E-state index contributed by atoms with van der Waals surface area (Å²) in [6.07, 6.45) is 0. The largest absolute Gasteiger partial charge is 0.497 e. The zero-order chi connectivity index (χ0) is 34.8. The van der Waals surface area contributed by atoms with Gasteiger partial charge in [0.05, 0.1) is 26.7 Å². The van der Waals surface area contributed by atoms with Crippen LogP contribution in [0.1, 0.15) is 5.56 Å². The van der Waals surface area contributed by atoms with Crippen molar-refractivity contribution in [1.82, 2.24) is 0 Å². The van der Waals surface area contributed by atoms with Crippen LogP contribution in [0.2, 0.25) is 0 Å². The van der Waals surface area contributed by atoms with E-state index in [-0.39, 0.29) is 19.6 Å². The molecule has 0 N–H and O–H groups in total. The smallest absolute Gasteiger partial charge is 0.206 e. The second-order valence-corrected chi connectivity index (χ2v) is 17.5. The van der Waals surface area contributed by atoms with Gasteiger partial charge in [-0.3, -0.25) is 4.21 Å². The summed E-state index contributed by atoms with van der Waals surface area (Å²) in [5.74, 6) is 5.53. The lowest BCUT2D eigenvalue weighted by Crippen LogP contribution is -2.02. The van der Waals surface area contributed by atoms with Gasteiger partial charge in [0, 0.05) is 19.3 Å². The van der Waals surface area contributed by atoms with E-state index in [9.17, 15) is 21.0 Å². The van der Waals surface area contributed by atoms with Crippen LogP contribution < -0.4 is 9.47 Å². The lowest BCUT2D eigenvalue weighted by Gasteiger charge is -2.12. The van der Waals surface area contributed by atoms with Crippen molar-refractivity contribution in [3.63, 3.8) is 0 Å². The predicted molar refractivity (Wildman–Crippen MR) is 192 cm³/mol. The van der Waals surface area contributed by atoms with E-state index < -0.39 is 29.2 Å². The molecule has 0 aliphatic rings. The second kappa shape index (κ2) is 13.4. The van der Waals surface area contributed by atoms with E-state index in [0.29, 0.717) is 27.0 Å². The first kappa shape index (κ1) is 33.7. The van der Waals surface area contributed by atoms with Crippen molar-refractivity contribution in [3.8, 4) is 28.4 Å². The van der Waals surface area contributed by atoms with Crippen LogP contribution in [0.15, 0.2) is 175 Å². The Morgan fingerprint density at radius 2 is 0.694 bits per heavy atom. The van der Waals surface area contributed by atoms with Gasteiger partial charge in [-0.05, 0) is 133 Å². The number of aryl methyl sites for hydroxylation is 1. The molecule has 0 saturated heterocycles. The van der Waals surface area contributed by atoms with Crippen LogP contribution in [-0.4, -0.2) is 34.0 Å². The monoisotopic (exact) mass is 708 g/mol. The highest BCUT2D eigenvalue weighted by molar-refractivity contribution is 8.00. The molecule has 0 aromatic heterocycles. The molecule has 7 nitrogen and oxygen atoms in total. The number of hydrogen-bond acceptors (Lipinski definition) is 7. The Hall–Kier alpha value is -5.16. The molecule has 1 unspecified atom stereocenters. The third kappa shape index (κ3) is 7.03. The molecule has 0 aliphatic heterocycles. The highest BCUT2D eigenvalue weighted by atomic mass is 32.2. The minimum absolute atomic E-state index is 0.102. The molecule has 0 bridgehead atoms. The summed E-state index contributed by atoms with van der Waals surface area (Å²) < 4.78 is 77.3. The number of methoxy groups -OCH3 is 1. The molecule has 248 valence electrons. The molecule has 0 saturated carbocycles. The molecule has 0 fully saturated rings. The average molecular weight is 709 g/mol. The summed E-state index contributed by atoms with van der Waals surface area (Å²) in [5.41, 5.74) is 2.46. The van der Waals surface area contributed by atoms with Crippen molar-refractivity contribution in [2.75, 3.05) is 7.11 Å². The Bertz CT molecular complexity index is 2420. The van der Waals surface area contributed by atoms with E-state index in [1.807, 2.05) is 6.92 Å². The standard InChI is InChI=1S/C39H32O7S3/c1-28-4-16-36(17-5-28)48(41,42)37-18-6-29(7-19-37)30-8-20-38(21-9-30)49(43,44)39-26-14-33(15-27-39)46-32-12-24-35(25-13-32)47(3,40)34-22-10-31(45-2)11-23-34/h4-27H,3H2,1-2H3. The van der Waals surface area contributed by atoms with Crippen molar-refractivity contribution in [3.05, 3.63) is 151 Å². The summed E-state index contributed by atoms with van der Waals surface area (Å²) in [6.45, 7) is 1.89. The molecule has 49 heavy (non-hydrogen) atoms. The SMILES string of the molecule is C=S(=O)(c1ccc(OC)cc1)c1ccc(Oc2ccc(S(=O)(=O)c3ccc(-c4ccc(S(=O)(=O)c5ccc(C)cc5)cc4)cc3)cc2)cc1. The van der Waals surface area contributed by atoms with Crippen molar-refractivity contribution in [1.29, 1.82) is 0 Å². The molecular formula is C39H32O7S3. The van der Waals surface area contributed by atoms with Crippen LogP contribution >= 0.6 is 0 Å². The normalized spacial score (nSPS) is 12.9. The molecule has 6 rings (SSSR count). The molecule has 0 radical (unpaired) electrons. The molecule has 0 amide bonds. The maximum atomic E-state index is 13.4. The van der Waals surface area contributed by atoms with Crippen LogP contribution in [0.25, 0.3) is 11.1 Å². The fraction of sp³-hybridized carbons (Fsp3) is 0.0513. The second-order valence-electron chi connectivity index (χ2n) is 11.3. The first-order valence-corrected chi connectivity index (χ1v) is 19.7. The minimum Gasteiger partial charge on any atom is -0.497 e. The zero-order valence-electron chi connectivity index (χ0n) is 26.6. The Kier molecular flexibility index (Phi) is 9.22. The zero-order valence-corrected chi connectivity index (χ0v) is 29.1. The number of sulfone groups is 2. The summed E-state index contributed by atoms with van der Waals surface area (Å²) in [4.78, 5) is 1.74. The van der Waals surface area contributed by atoms with Crippen LogP contribution in [-0.2, 0) is 29.2 Å². The van der Waals surface area contributed by atoms with E-state index in [2.05, 4.69) is 5.87 Å². The first-order valence-electron chi connectivity index (χ1n) is 15.0. The fourth-order valence-electron chi connectivity index (χ4n) is 5.12. The van der Waals surface area contributed by atoms with E-state index in [0.717, 1.165) is 16.7 Å². The maximum absolute atomic E-state index is 13.4. The number of rotatable bonds is 10. The predicted octanol–water partition coefficient (Wildman–Crippen LogP) is 8.26. The van der Waals surface area contributed by atoms with Gasteiger partial charge in [0.15, 0.2) is 0 Å². The highest BCUT2D eigenvalue weighted by Crippen LogP contribution is 2.31. The third-order valence-electron chi connectivity index (χ3n) is 8.01. The van der Waals surface area contributed by atoms with Crippen molar-refractivity contribution in [2.45, 2.75) is 36.3 Å². The average Bonchev–Trinajstić information content (AvgIpc) is 3.12. The molecule has 6 aromatic rings. The van der Waals surface area contributed by atoms with Gasteiger partial charge in [-0.15, -0.1) is 0 Å². The van der Waals surface area contributed by atoms with Crippen molar-refractivity contribution in [2.24, 2.45) is 0 Å². The van der Waals surface area contributed by atoms with Gasteiger partial charge in [0.2, 0.25) is 19.7 Å². The number of benzene rings is 6. The molecule has 0 aliphatic carbocycles. The lowest BCUT2D eigenvalue weighted by atomic mass is 10.1. The Morgan fingerprint density at radius 1 is 0.408 bits per heavy atom. The molecule has 0 heterocycles. The molecule has 0 spiro atoms. The van der Waals surface area contributed by atoms with Gasteiger partial charge < -0.3 is 9.47 Å². The van der Waals surface area contributed by atoms with Crippen LogP contribution in [0, 0.1) is 6.92 Å². The molecule has 1 atom stereocenters. The van der Waals surface area contributed by atoms with Crippen molar-refractivity contribution >= 4 is 35.1 Å². The summed E-state index contributed by atoms with van der Waals surface area (Å²) in [7, 11) is -8.65. The quantitative estimate of drug-likeness (QED) is 0.132. The number of hydrogen-bond donors (Lipinski definition) is 0. The van der Waals surface area contributed by atoms with Gasteiger partial charge in [0.25, 0.3) is 0 Å². The molecule has 6 aromatic carbocycles. The Labute approximate surface area is 287 Å². The maximum Gasteiger partial charge on any atom is 0.206 e. The Morgan fingerprint density at radius 3 is 1.04 bits per heavy atom. The summed E-state index contributed by atoms with van der Waals surface area (Å²) >= 11 is 0. The van der Waals surface area contributed by atoms with E-state index in [4.69, 9.17) is 9.47 Å². The lowest BCUT2D eigenvalue weighted by molar-refractivity contribution is 0.414. The fourth-order valence-corrected chi connectivity index (χ4v) is 9.07. The third-order valence-corrected chi connectivity index (χ3v) is 13.6. The van der Waals surface area contributed by atoms with E-state index in [1.54, 1.807) is 128 Å². The Balaban J connectivity index is 1.12. The van der Waals surface area contributed by atoms with Gasteiger partial charge in [-0.25, -0.2) is 16.8 Å². The van der Waals surface area contributed by atoms with Gasteiger partial charge >= 0.3 is 0 Å². The van der Waals surface area contributed by atoms with Crippen LogP contribution in [0.5, 0.6) is 17.2 Å². The van der Waals surface area contributed by atoms with Gasteiger partial charge in [-0.1, -0.05) is 42.0 Å². The molecule has 10 heteroatoms. The van der Waals surface area contributed by atoms with Gasteiger partial charge in [0.1, 0.15) is 17.2 Å². The first-order chi connectivity index (χ1) is 23.4. The topological polar surface area (TPSA) is 104 Å². The van der Waals surface area contributed by atoms with E-state index in [1.165, 1.54) is 24.3 Å². The molecular weight excluding hydrogens is 677 g/mol. The summed E-state index contributed by atoms with van der Waals surface area (Å²) in [5, 5.41) is 0.